The maximum Gasteiger partial charge on any atom is 0.269 e. The van der Waals surface area contributed by atoms with Crippen LogP contribution < -0.4 is 5.32 Å². The lowest BCUT2D eigenvalue weighted by Crippen LogP contribution is -2.36. The van der Waals surface area contributed by atoms with Gasteiger partial charge in [0.15, 0.2) is 6.19 Å². The Balaban J connectivity index is 1.67. The van der Waals surface area contributed by atoms with Crippen molar-refractivity contribution in [1.29, 1.82) is 5.26 Å². The summed E-state index contributed by atoms with van der Waals surface area (Å²) in [4.78, 5) is 17.8. The zero-order valence-electron chi connectivity index (χ0n) is 11.3. The number of nitriles is 1. The van der Waals surface area contributed by atoms with Gasteiger partial charge in [0.2, 0.25) is 0 Å². The molecule has 21 heavy (non-hydrogen) atoms. The summed E-state index contributed by atoms with van der Waals surface area (Å²) in [7, 11) is 0. The molecule has 2 aromatic heterocycles. The number of carbonyl (C=O) groups excluding carboxylic acids is 1. The van der Waals surface area contributed by atoms with E-state index in [2.05, 4.69) is 26.7 Å². The summed E-state index contributed by atoms with van der Waals surface area (Å²) in [6.45, 7) is 1.25. The number of pyridine rings is 1. The van der Waals surface area contributed by atoms with Crippen molar-refractivity contribution in [1.82, 2.24) is 25.4 Å². The molecular weight excluding hydrogens is 268 g/mol. The predicted octanol–water partition coefficient (Wildman–Crippen LogP) is 0.757. The maximum absolute atomic E-state index is 12.1. The van der Waals surface area contributed by atoms with Gasteiger partial charge in [0.05, 0.1) is 5.69 Å². The molecule has 1 atom stereocenters. The molecule has 106 valence electrons. The van der Waals surface area contributed by atoms with E-state index in [4.69, 9.17) is 5.26 Å². The summed E-state index contributed by atoms with van der Waals surface area (Å²) in [6.07, 6.45) is 6.25. The van der Waals surface area contributed by atoms with Crippen LogP contribution >= 0.6 is 0 Å². The Morgan fingerprint density at radius 1 is 1.57 bits per heavy atom. The number of aromatic amines is 1. The predicted molar refractivity (Wildman–Crippen MR) is 74.9 cm³/mol. The number of nitrogens with one attached hydrogen (secondary N) is 2. The normalized spacial score (nSPS) is 17.5. The lowest BCUT2D eigenvalue weighted by molar-refractivity contribution is 0.0933. The van der Waals surface area contributed by atoms with Gasteiger partial charge >= 0.3 is 0 Å². The molecule has 3 heterocycles. The Labute approximate surface area is 121 Å². The molecule has 1 aliphatic heterocycles. The maximum atomic E-state index is 12.1. The Morgan fingerprint density at radius 2 is 2.48 bits per heavy atom. The van der Waals surface area contributed by atoms with Crippen molar-refractivity contribution in [3.8, 4) is 17.5 Å². The van der Waals surface area contributed by atoms with Gasteiger partial charge in [-0.15, -0.1) is 0 Å². The van der Waals surface area contributed by atoms with E-state index < -0.39 is 0 Å². The van der Waals surface area contributed by atoms with E-state index in [0.717, 1.165) is 12.0 Å². The third-order valence-electron chi connectivity index (χ3n) is 3.44. The van der Waals surface area contributed by atoms with Gasteiger partial charge in [-0.3, -0.25) is 14.9 Å². The number of H-pyrrole nitrogens is 1. The second kappa shape index (κ2) is 5.63. The van der Waals surface area contributed by atoms with E-state index in [-0.39, 0.29) is 11.9 Å². The van der Waals surface area contributed by atoms with Crippen LogP contribution in [0.25, 0.3) is 11.3 Å². The summed E-state index contributed by atoms with van der Waals surface area (Å²) >= 11 is 0. The molecule has 1 saturated heterocycles. The third-order valence-corrected chi connectivity index (χ3v) is 3.44. The highest BCUT2D eigenvalue weighted by molar-refractivity contribution is 5.93. The van der Waals surface area contributed by atoms with Gasteiger partial charge in [-0.05, 0) is 24.6 Å². The van der Waals surface area contributed by atoms with Gasteiger partial charge in [-0.2, -0.15) is 10.4 Å². The Morgan fingerprint density at radius 3 is 3.19 bits per heavy atom. The number of aromatic nitrogens is 3. The minimum Gasteiger partial charge on any atom is -0.346 e. The van der Waals surface area contributed by atoms with Gasteiger partial charge < -0.3 is 10.2 Å². The molecule has 7 nitrogen and oxygen atoms in total. The molecule has 0 spiro atoms. The average molecular weight is 282 g/mol. The van der Waals surface area contributed by atoms with Crippen molar-refractivity contribution >= 4 is 5.91 Å². The average Bonchev–Trinajstić information content (AvgIpc) is 3.17. The van der Waals surface area contributed by atoms with E-state index in [1.165, 1.54) is 0 Å². The second-order valence-electron chi connectivity index (χ2n) is 4.91. The summed E-state index contributed by atoms with van der Waals surface area (Å²) < 4.78 is 0. The fourth-order valence-corrected chi connectivity index (χ4v) is 2.33. The molecule has 0 unspecified atom stereocenters. The molecule has 3 rings (SSSR count). The molecule has 0 aromatic carbocycles. The van der Waals surface area contributed by atoms with E-state index in [0.29, 0.717) is 24.5 Å². The zero-order chi connectivity index (χ0) is 14.7. The summed E-state index contributed by atoms with van der Waals surface area (Å²) in [6, 6.07) is 5.40. The number of nitrogens with zero attached hydrogens (tertiary/aromatic N) is 4. The van der Waals surface area contributed by atoms with E-state index in [1.807, 2.05) is 12.1 Å². The fourth-order valence-electron chi connectivity index (χ4n) is 2.33. The first-order chi connectivity index (χ1) is 10.3. The Hall–Kier alpha value is -2.88. The zero-order valence-corrected chi connectivity index (χ0v) is 11.3. The SMILES string of the molecule is N#CN1CC[C@@H](NC(=O)c2cc(-c3cccnc3)n[nH]2)C1. The van der Waals surface area contributed by atoms with Crippen molar-refractivity contribution in [2.75, 3.05) is 13.1 Å². The molecule has 0 bridgehead atoms. The summed E-state index contributed by atoms with van der Waals surface area (Å²) in [5.74, 6) is -0.206. The van der Waals surface area contributed by atoms with E-state index in [9.17, 15) is 4.79 Å². The summed E-state index contributed by atoms with van der Waals surface area (Å²) in [5, 5.41) is 18.6. The molecule has 7 heteroatoms. The van der Waals surface area contributed by atoms with Crippen LogP contribution in [0.5, 0.6) is 0 Å². The quantitative estimate of drug-likeness (QED) is 0.810. The van der Waals surface area contributed by atoms with Crippen molar-refractivity contribution in [2.24, 2.45) is 0 Å². The van der Waals surface area contributed by atoms with E-state index >= 15 is 0 Å². The summed E-state index contributed by atoms with van der Waals surface area (Å²) in [5.41, 5.74) is 1.94. The van der Waals surface area contributed by atoms with Gasteiger partial charge in [0, 0.05) is 37.1 Å². The van der Waals surface area contributed by atoms with Crippen molar-refractivity contribution in [2.45, 2.75) is 12.5 Å². The molecule has 0 aliphatic carbocycles. The number of carbonyl (C=O) groups is 1. The highest BCUT2D eigenvalue weighted by Gasteiger charge is 2.24. The van der Waals surface area contributed by atoms with Crippen LogP contribution in [0.1, 0.15) is 16.9 Å². The van der Waals surface area contributed by atoms with E-state index in [1.54, 1.807) is 23.4 Å². The molecular formula is C14H14N6O. The number of hydrogen-bond acceptors (Lipinski definition) is 5. The largest absolute Gasteiger partial charge is 0.346 e. The molecule has 1 aliphatic rings. The van der Waals surface area contributed by atoms with Crippen LogP contribution in [-0.2, 0) is 0 Å². The van der Waals surface area contributed by atoms with Gasteiger partial charge in [-0.1, -0.05) is 0 Å². The van der Waals surface area contributed by atoms with Crippen molar-refractivity contribution in [3.05, 3.63) is 36.3 Å². The number of hydrogen-bond donors (Lipinski definition) is 2. The van der Waals surface area contributed by atoms with Gasteiger partial charge in [0.1, 0.15) is 5.69 Å². The number of rotatable bonds is 3. The fraction of sp³-hybridized carbons (Fsp3) is 0.286. The third kappa shape index (κ3) is 2.84. The topological polar surface area (TPSA) is 97.7 Å². The molecule has 1 fully saturated rings. The van der Waals surface area contributed by atoms with Crippen LogP contribution in [-0.4, -0.2) is 45.1 Å². The second-order valence-corrected chi connectivity index (χ2v) is 4.91. The van der Waals surface area contributed by atoms with Crippen molar-refractivity contribution in [3.63, 3.8) is 0 Å². The lowest BCUT2D eigenvalue weighted by Gasteiger charge is -2.10. The molecule has 0 radical (unpaired) electrons. The van der Waals surface area contributed by atoms with Gasteiger partial charge in [-0.25, -0.2) is 0 Å². The van der Waals surface area contributed by atoms with Gasteiger partial charge in [0.25, 0.3) is 5.91 Å². The first-order valence-electron chi connectivity index (χ1n) is 6.67. The monoisotopic (exact) mass is 282 g/mol. The first-order valence-corrected chi connectivity index (χ1v) is 6.67. The smallest absolute Gasteiger partial charge is 0.269 e. The number of likely N-dealkylation sites (tertiary alicyclic amines) is 1. The highest BCUT2D eigenvalue weighted by Crippen LogP contribution is 2.16. The first kappa shape index (κ1) is 13.1. The molecule has 2 N–H and O–H groups in total. The number of amides is 1. The standard InChI is InChI=1S/C14H14N6O/c15-9-20-5-3-11(8-20)17-14(21)13-6-12(18-19-13)10-2-1-4-16-7-10/h1-2,4,6-7,11H,3,5,8H2,(H,17,21)(H,18,19)/t11-/m1/s1. The van der Waals surface area contributed by atoms with Crippen LogP contribution in [0.3, 0.4) is 0 Å². The minimum absolute atomic E-state index is 0.00212. The highest BCUT2D eigenvalue weighted by atomic mass is 16.2. The molecule has 2 aromatic rings. The minimum atomic E-state index is -0.206. The van der Waals surface area contributed by atoms with Crippen LogP contribution in [0.2, 0.25) is 0 Å². The Kier molecular flexibility index (Phi) is 3.51. The molecule has 0 saturated carbocycles. The van der Waals surface area contributed by atoms with Crippen LogP contribution in [0.4, 0.5) is 0 Å². The molecule has 1 amide bonds. The van der Waals surface area contributed by atoms with Crippen molar-refractivity contribution < 1.29 is 4.79 Å². The van der Waals surface area contributed by atoms with Crippen LogP contribution in [0, 0.1) is 11.5 Å². The van der Waals surface area contributed by atoms with Crippen LogP contribution in [0.15, 0.2) is 30.6 Å². The lowest BCUT2D eigenvalue weighted by atomic mass is 10.2. The Bertz CT molecular complexity index is 674.